The summed E-state index contributed by atoms with van der Waals surface area (Å²) in [5, 5.41) is 0. The van der Waals surface area contributed by atoms with Crippen molar-refractivity contribution in [3.63, 3.8) is 0 Å². The smallest absolute Gasteiger partial charge is 0.338 e. The molecule has 5 rings (SSSR count). The number of esters is 4. The Bertz CT molecular complexity index is 1720. The van der Waals surface area contributed by atoms with E-state index in [0.29, 0.717) is 12.0 Å². The fourth-order valence-electron chi connectivity index (χ4n) is 5.92. The zero-order chi connectivity index (χ0) is 37.3. The maximum absolute atomic E-state index is 13.7. The van der Waals surface area contributed by atoms with Gasteiger partial charge in [0.1, 0.15) is 12.7 Å². The van der Waals surface area contributed by atoms with E-state index in [1.807, 2.05) is 0 Å². The number of benzene rings is 4. The third-order valence-electron chi connectivity index (χ3n) is 8.77. The molecule has 0 saturated carbocycles. The molecule has 0 bridgehead atoms. The summed E-state index contributed by atoms with van der Waals surface area (Å²) < 4.78 is 36.6. The van der Waals surface area contributed by atoms with Crippen molar-refractivity contribution in [2.75, 3.05) is 13.2 Å². The Balaban J connectivity index is 1.48. The molecule has 0 aromatic heterocycles. The van der Waals surface area contributed by atoms with Crippen molar-refractivity contribution < 1.29 is 47.6 Å². The van der Waals surface area contributed by atoms with E-state index in [1.165, 1.54) is 12.8 Å². The second-order valence-electron chi connectivity index (χ2n) is 12.7. The second-order valence-corrected chi connectivity index (χ2v) is 12.7. The first-order chi connectivity index (χ1) is 25.9. The lowest BCUT2D eigenvalue weighted by Gasteiger charge is -2.44. The first-order valence-corrected chi connectivity index (χ1v) is 18.2. The average Bonchev–Trinajstić information content (AvgIpc) is 3.21. The van der Waals surface area contributed by atoms with Gasteiger partial charge in [-0.1, -0.05) is 118 Å². The minimum atomic E-state index is -1.45. The zero-order valence-electron chi connectivity index (χ0n) is 29.9. The van der Waals surface area contributed by atoms with Crippen LogP contribution in [0.2, 0.25) is 0 Å². The van der Waals surface area contributed by atoms with Gasteiger partial charge in [0.15, 0.2) is 24.6 Å². The Labute approximate surface area is 310 Å². The molecule has 10 heteroatoms. The Morgan fingerprint density at radius 2 is 0.887 bits per heavy atom. The number of hydrogen-bond donors (Lipinski definition) is 0. The van der Waals surface area contributed by atoms with Gasteiger partial charge in [-0.25, -0.2) is 19.2 Å². The van der Waals surface area contributed by atoms with Crippen molar-refractivity contribution in [1.29, 1.82) is 0 Å². The van der Waals surface area contributed by atoms with Gasteiger partial charge in [-0.15, -0.1) is 0 Å². The molecule has 1 aliphatic heterocycles. The summed E-state index contributed by atoms with van der Waals surface area (Å²) in [6.07, 6.45) is 0.532. The lowest BCUT2D eigenvalue weighted by atomic mass is 9.97. The summed E-state index contributed by atoms with van der Waals surface area (Å²) in [6, 6.07) is 33.2. The van der Waals surface area contributed by atoms with Crippen molar-refractivity contribution in [1.82, 2.24) is 0 Å². The molecule has 1 fully saturated rings. The molecule has 0 radical (unpaired) electrons. The molecular formula is C43H46O10. The van der Waals surface area contributed by atoms with Crippen LogP contribution in [0.5, 0.6) is 0 Å². The van der Waals surface area contributed by atoms with E-state index in [0.717, 1.165) is 25.7 Å². The van der Waals surface area contributed by atoms with Crippen molar-refractivity contribution in [3.8, 4) is 0 Å². The molecule has 4 aromatic carbocycles. The maximum Gasteiger partial charge on any atom is 0.338 e. The van der Waals surface area contributed by atoms with Crippen LogP contribution in [0.15, 0.2) is 121 Å². The second kappa shape index (κ2) is 20.7. The monoisotopic (exact) mass is 722 g/mol. The van der Waals surface area contributed by atoms with Crippen LogP contribution in [0.3, 0.4) is 0 Å². The van der Waals surface area contributed by atoms with E-state index in [-0.39, 0.29) is 23.3 Å². The predicted octanol–water partition coefficient (Wildman–Crippen LogP) is 8.01. The predicted molar refractivity (Wildman–Crippen MR) is 196 cm³/mol. The minimum Gasteiger partial charge on any atom is -0.459 e. The number of rotatable bonds is 18. The summed E-state index contributed by atoms with van der Waals surface area (Å²) >= 11 is 0. The summed E-state index contributed by atoms with van der Waals surface area (Å²) in [4.78, 5) is 54.1. The zero-order valence-corrected chi connectivity index (χ0v) is 29.9. The highest BCUT2D eigenvalue weighted by Gasteiger charge is 2.53. The molecule has 0 amide bonds. The Morgan fingerprint density at radius 3 is 1.36 bits per heavy atom. The van der Waals surface area contributed by atoms with Crippen LogP contribution in [-0.2, 0) is 28.4 Å². The van der Waals surface area contributed by atoms with Gasteiger partial charge in [-0.3, -0.25) is 0 Å². The van der Waals surface area contributed by atoms with Gasteiger partial charge < -0.3 is 28.4 Å². The Hall–Kier alpha value is -5.32. The number of carbonyl (C=O) groups excluding carboxylic acids is 4. The van der Waals surface area contributed by atoms with Gasteiger partial charge in [0.2, 0.25) is 0 Å². The highest BCUT2D eigenvalue weighted by atomic mass is 16.7. The van der Waals surface area contributed by atoms with E-state index in [9.17, 15) is 19.2 Å². The molecule has 1 saturated heterocycles. The molecule has 10 nitrogen and oxygen atoms in total. The molecule has 1 heterocycles. The average molecular weight is 723 g/mol. The molecule has 278 valence electrons. The topological polar surface area (TPSA) is 124 Å². The molecule has 2 unspecified atom stereocenters. The highest BCUT2D eigenvalue weighted by molar-refractivity contribution is 5.91. The van der Waals surface area contributed by atoms with Crippen LogP contribution in [0.25, 0.3) is 0 Å². The highest BCUT2D eigenvalue weighted by Crippen LogP contribution is 2.32. The Kier molecular flexibility index (Phi) is 15.2. The lowest BCUT2D eigenvalue weighted by molar-refractivity contribution is -0.298. The van der Waals surface area contributed by atoms with E-state index in [4.69, 9.17) is 28.4 Å². The van der Waals surface area contributed by atoms with Crippen LogP contribution in [0.4, 0.5) is 0 Å². The van der Waals surface area contributed by atoms with Gasteiger partial charge in [-0.2, -0.15) is 0 Å². The normalized spacial score (nSPS) is 19.5. The van der Waals surface area contributed by atoms with Crippen molar-refractivity contribution >= 4 is 23.9 Å². The van der Waals surface area contributed by atoms with E-state index in [1.54, 1.807) is 121 Å². The van der Waals surface area contributed by atoms with Gasteiger partial charge in [0.05, 0.1) is 22.3 Å². The summed E-state index contributed by atoms with van der Waals surface area (Å²) in [5.74, 6) is -2.88. The summed E-state index contributed by atoms with van der Waals surface area (Å²) in [5.41, 5.74) is 0.974. The molecule has 0 N–H and O–H groups in total. The van der Waals surface area contributed by atoms with Crippen LogP contribution in [-0.4, -0.2) is 67.8 Å². The molecule has 4 aromatic rings. The molecule has 1 aliphatic rings. The summed E-state index contributed by atoms with van der Waals surface area (Å²) in [7, 11) is 0. The van der Waals surface area contributed by atoms with Gasteiger partial charge in [0, 0.05) is 6.61 Å². The standard InChI is InChI=1S/C43H46O10/c1-2-3-4-5-6-7-20-29-48-43-38(53-42(47)34-27-18-11-19-28-34)37(52-41(46)33-25-16-10-17-26-33)36(51-40(45)32-23-14-9-15-24-32)35(50-43)30-49-39(44)31-21-12-8-13-22-31/h8-19,21-28,35-38,43H,2-7,20,29-30H2,1H3/t35?,36-,37?,38-,43+/m1/s1. The van der Waals surface area contributed by atoms with E-state index >= 15 is 0 Å². The van der Waals surface area contributed by atoms with Crippen molar-refractivity contribution in [2.45, 2.75) is 82.6 Å². The van der Waals surface area contributed by atoms with Crippen LogP contribution >= 0.6 is 0 Å². The number of hydrogen-bond acceptors (Lipinski definition) is 10. The number of unbranched alkanes of at least 4 members (excludes halogenated alkanes) is 6. The maximum atomic E-state index is 13.7. The number of carbonyl (C=O) groups is 4. The molecule has 53 heavy (non-hydrogen) atoms. The van der Waals surface area contributed by atoms with Crippen molar-refractivity contribution in [2.24, 2.45) is 0 Å². The van der Waals surface area contributed by atoms with Crippen LogP contribution in [0.1, 0.15) is 93.3 Å². The van der Waals surface area contributed by atoms with Crippen LogP contribution < -0.4 is 0 Å². The van der Waals surface area contributed by atoms with Gasteiger partial charge >= 0.3 is 23.9 Å². The van der Waals surface area contributed by atoms with E-state index in [2.05, 4.69) is 6.92 Å². The van der Waals surface area contributed by atoms with Crippen LogP contribution in [0, 0.1) is 0 Å². The molecular weight excluding hydrogens is 676 g/mol. The minimum absolute atomic E-state index is 0.216. The largest absolute Gasteiger partial charge is 0.459 e. The Morgan fingerprint density at radius 1 is 0.491 bits per heavy atom. The van der Waals surface area contributed by atoms with E-state index < -0.39 is 61.2 Å². The third-order valence-corrected chi connectivity index (χ3v) is 8.77. The van der Waals surface area contributed by atoms with Crippen molar-refractivity contribution in [3.05, 3.63) is 144 Å². The lowest BCUT2D eigenvalue weighted by Crippen LogP contribution is -2.63. The van der Waals surface area contributed by atoms with Gasteiger partial charge in [0.25, 0.3) is 0 Å². The first kappa shape index (κ1) is 38.9. The quantitative estimate of drug-likeness (QED) is 0.0567. The van der Waals surface area contributed by atoms with Gasteiger partial charge in [-0.05, 0) is 55.0 Å². The summed E-state index contributed by atoms with van der Waals surface area (Å²) in [6.45, 7) is 2.01. The fourth-order valence-corrected chi connectivity index (χ4v) is 5.92. The fraction of sp³-hybridized carbons (Fsp3) is 0.349. The molecule has 5 atom stereocenters. The molecule has 0 spiro atoms. The number of ether oxygens (including phenoxy) is 6. The first-order valence-electron chi connectivity index (χ1n) is 18.2. The SMILES string of the molecule is CCCCCCCCCO[C@H]1OC(COC(=O)c2ccccc2)[C@@H](OC(=O)c2ccccc2)C(OC(=O)c2ccccc2)[C@H]1OC(=O)c1ccccc1. The third kappa shape index (κ3) is 11.6. The molecule has 0 aliphatic carbocycles.